The summed E-state index contributed by atoms with van der Waals surface area (Å²) < 4.78 is 13.5. The van der Waals surface area contributed by atoms with Gasteiger partial charge in [0.2, 0.25) is 0 Å². The zero-order valence-electron chi connectivity index (χ0n) is 10.3. The predicted molar refractivity (Wildman–Crippen MR) is 84.3 cm³/mol. The molecule has 1 atom stereocenters. The predicted octanol–water partition coefficient (Wildman–Crippen LogP) is 3.77. The van der Waals surface area contributed by atoms with Crippen LogP contribution in [0.2, 0.25) is 0 Å². The van der Waals surface area contributed by atoms with Crippen LogP contribution in [-0.2, 0) is 10.8 Å². The van der Waals surface area contributed by atoms with E-state index in [9.17, 15) is 4.21 Å². The standard InChI is InChI=1S/C13H17Br2NOS/c1-9(12-3-2-10(14)8-13(12)15)16-11-4-6-18(17)7-5-11/h2-3,8-9,11,16H,4-7H2,1H3. The first-order valence-electron chi connectivity index (χ1n) is 6.12. The average Bonchev–Trinajstić information content (AvgIpc) is 2.32. The zero-order valence-corrected chi connectivity index (χ0v) is 14.3. The van der Waals surface area contributed by atoms with Crippen LogP contribution in [0.15, 0.2) is 27.1 Å². The van der Waals surface area contributed by atoms with Crippen LogP contribution >= 0.6 is 31.9 Å². The van der Waals surface area contributed by atoms with E-state index >= 15 is 0 Å². The second kappa shape index (κ2) is 6.64. The van der Waals surface area contributed by atoms with Crippen molar-refractivity contribution in [2.24, 2.45) is 0 Å². The molecule has 2 nitrogen and oxygen atoms in total. The number of hydrogen-bond acceptors (Lipinski definition) is 2. The van der Waals surface area contributed by atoms with Gasteiger partial charge in [0, 0.05) is 43.3 Å². The maximum Gasteiger partial charge on any atom is 0.0305 e. The second-order valence-corrected chi connectivity index (χ2v) is 8.14. The van der Waals surface area contributed by atoms with E-state index in [1.165, 1.54) is 5.56 Å². The Balaban J connectivity index is 1.98. The number of hydrogen-bond donors (Lipinski definition) is 1. The van der Waals surface area contributed by atoms with Crippen molar-refractivity contribution in [1.29, 1.82) is 0 Å². The number of halogens is 2. The highest BCUT2D eigenvalue weighted by atomic mass is 79.9. The molecule has 5 heteroatoms. The minimum Gasteiger partial charge on any atom is -0.307 e. The van der Waals surface area contributed by atoms with E-state index in [1.54, 1.807) is 0 Å². The zero-order chi connectivity index (χ0) is 13.1. The molecule has 0 aliphatic carbocycles. The van der Waals surface area contributed by atoms with Crippen molar-refractivity contribution in [2.45, 2.75) is 31.8 Å². The monoisotopic (exact) mass is 393 g/mol. The Morgan fingerprint density at radius 1 is 1.33 bits per heavy atom. The maximum atomic E-state index is 11.3. The molecule has 1 aliphatic rings. The van der Waals surface area contributed by atoms with Crippen LogP contribution in [0.5, 0.6) is 0 Å². The highest BCUT2D eigenvalue weighted by Gasteiger charge is 2.20. The molecular formula is C13H17Br2NOS. The Morgan fingerprint density at radius 3 is 2.61 bits per heavy atom. The van der Waals surface area contributed by atoms with Crippen molar-refractivity contribution >= 4 is 42.7 Å². The van der Waals surface area contributed by atoms with Crippen LogP contribution in [0.4, 0.5) is 0 Å². The molecule has 0 amide bonds. The lowest BCUT2D eigenvalue weighted by molar-refractivity contribution is 0.426. The SMILES string of the molecule is CC(NC1CCS(=O)CC1)c1ccc(Br)cc1Br. The minimum atomic E-state index is -0.583. The molecule has 0 saturated carbocycles. The van der Waals surface area contributed by atoms with Gasteiger partial charge in [-0.3, -0.25) is 4.21 Å². The molecule has 0 spiro atoms. The second-order valence-electron chi connectivity index (χ2n) is 4.68. The molecule has 1 saturated heterocycles. The molecule has 1 aromatic carbocycles. The number of benzene rings is 1. The fourth-order valence-electron chi connectivity index (χ4n) is 2.26. The van der Waals surface area contributed by atoms with E-state index in [1.807, 2.05) is 0 Å². The van der Waals surface area contributed by atoms with Crippen LogP contribution in [0.25, 0.3) is 0 Å². The summed E-state index contributed by atoms with van der Waals surface area (Å²) in [5.74, 6) is 1.68. The molecule has 1 aliphatic heterocycles. The first-order chi connectivity index (χ1) is 8.56. The van der Waals surface area contributed by atoms with Gasteiger partial charge in [-0.15, -0.1) is 0 Å². The first kappa shape index (κ1) is 14.7. The van der Waals surface area contributed by atoms with Gasteiger partial charge < -0.3 is 5.32 Å². The molecule has 0 radical (unpaired) electrons. The largest absolute Gasteiger partial charge is 0.307 e. The summed E-state index contributed by atoms with van der Waals surface area (Å²) in [6.07, 6.45) is 2.04. The number of nitrogens with one attached hydrogen (secondary N) is 1. The van der Waals surface area contributed by atoms with Gasteiger partial charge >= 0.3 is 0 Å². The molecule has 0 aromatic heterocycles. The lowest BCUT2D eigenvalue weighted by Crippen LogP contribution is -2.37. The Morgan fingerprint density at radius 2 is 2.00 bits per heavy atom. The lowest BCUT2D eigenvalue weighted by atomic mass is 10.1. The topological polar surface area (TPSA) is 29.1 Å². The fraction of sp³-hybridized carbons (Fsp3) is 0.538. The summed E-state index contributed by atoms with van der Waals surface area (Å²) in [4.78, 5) is 0. The highest BCUT2D eigenvalue weighted by Crippen LogP contribution is 2.27. The lowest BCUT2D eigenvalue weighted by Gasteiger charge is -2.27. The quantitative estimate of drug-likeness (QED) is 0.845. The van der Waals surface area contributed by atoms with Gasteiger partial charge in [-0.1, -0.05) is 37.9 Å². The summed E-state index contributed by atoms with van der Waals surface area (Å²) in [5, 5.41) is 3.64. The van der Waals surface area contributed by atoms with E-state index in [4.69, 9.17) is 0 Å². The van der Waals surface area contributed by atoms with Crippen LogP contribution < -0.4 is 5.32 Å². The number of rotatable bonds is 3. The normalized spacial score (nSPS) is 25.9. The Labute approximate surface area is 128 Å². The molecule has 1 fully saturated rings. The van der Waals surface area contributed by atoms with Crippen molar-refractivity contribution in [3.8, 4) is 0 Å². The van der Waals surface area contributed by atoms with Crippen LogP contribution in [0.1, 0.15) is 31.4 Å². The van der Waals surface area contributed by atoms with Crippen molar-refractivity contribution in [3.05, 3.63) is 32.7 Å². The van der Waals surface area contributed by atoms with Gasteiger partial charge in [0.15, 0.2) is 0 Å². The van der Waals surface area contributed by atoms with E-state index in [2.05, 4.69) is 62.3 Å². The molecule has 100 valence electrons. The van der Waals surface area contributed by atoms with Crippen molar-refractivity contribution in [2.75, 3.05) is 11.5 Å². The Hall–Kier alpha value is 0.290. The van der Waals surface area contributed by atoms with E-state index < -0.39 is 10.8 Å². The van der Waals surface area contributed by atoms with Gasteiger partial charge in [0.05, 0.1) is 0 Å². The van der Waals surface area contributed by atoms with Gasteiger partial charge in [-0.2, -0.15) is 0 Å². The van der Waals surface area contributed by atoms with Crippen LogP contribution in [-0.4, -0.2) is 21.8 Å². The maximum absolute atomic E-state index is 11.3. The average molecular weight is 395 g/mol. The minimum absolute atomic E-state index is 0.309. The highest BCUT2D eigenvalue weighted by molar-refractivity contribution is 9.11. The van der Waals surface area contributed by atoms with Crippen molar-refractivity contribution in [1.82, 2.24) is 5.32 Å². The third kappa shape index (κ3) is 3.89. The van der Waals surface area contributed by atoms with Crippen LogP contribution in [0.3, 0.4) is 0 Å². The molecule has 1 N–H and O–H groups in total. The van der Waals surface area contributed by atoms with E-state index in [-0.39, 0.29) is 0 Å². The Kier molecular flexibility index (Phi) is 5.42. The van der Waals surface area contributed by atoms with Gasteiger partial charge in [-0.05, 0) is 37.5 Å². The van der Waals surface area contributed by atoms with E-state index in [0.717, 1.165) is 33.3 Å². The first-order valence-corrected chi connectivity index (χ1v) is 9.19. The molecule has 0 bridgehead atoms. The fourth-order valence-corrected chi connectivity index (χ4v) is 4.95. The van der Waals surface area contributed by atoms with Gasteiger partial charge in [-0.25, -0.2) is 0 Å². The van der Waals surface area contributed by atoms with Gasteiger partial charge in [0.25, 0.3) is 0 Å². The van der Waals surface area contributed by atoms with Gasteiger partial charge in [0.1, 0.15) is 0 Å². The third-order valence-corrected chi connectivity index (χ3v) is 5.86. The molecule has 1 unspecified atom stereocenters. The molecule has 2 rings (SSSR count). The van der Waals surface area contributed by atoms with Crippen molar-refractivity contribution < 1.29 is 4.21 Å². The van der Waals surface area contributed by atoms with Crippen LogP contribution in [0, 0.1) is 0 Å². The van der Waals surface area contributed by atoms with E-state index in [0.29, 0.717) is 12.1 Å². The Bertz CT molecular complexity index is 443. The molecule has 1 heterocycles. The molecule has 1 aromatic rings. The summed E-state index contributed by atoms with van der Waals surface area (Å²) in [5.41, 5.74) is 1.27. The summed E-state index contributed by atoms with van der Waals surface area (Å²) >= 11 is 7.07. The van der Waals surface area contributed by atoms with Crippen molar-refractivity contribution in [3.63, 3.8) is 0 Å². The summed E-state index contributed by atoms with van der Waals surface area (Å²) in [6.45, 7) is 2.18. The summed E-state index contributed by atoms with van der Waals surface area (Å²) in [7, 11) is -0.583. The third-order valence-electron chi connectivity index (χ3n) is 3.30. The molecule has 18 heavy (non-hydrogen) atoms. The smallest absolute Gasteiger partial charge is 0.0305 e. The summed E-state index contributed by atoms with van der Waals surface area (Å²) in [6, 6.07) is 7.07. The molecular weight excluding hydrogens is 378 g/mol.